The third kappa shape index (κ3) is 1.70. The van der Waals surface area contributed by atoms with Crippen molar-refractivity contribution in [1.82, 2.24) is 20.0 Å². The fourth-order valence-corrected chi connectivity index (χ4v) is 1.81. The summed E-state index contributed by atoms with van der Waals surface area (Å²) in [7, 11) is 0. The molecule has 0 fully saturated rings. The van der Waals surface area contributed by atoms with E-state index in [0.29, 0.717) is 15.9 Å². The lowest BCUT2D eigenvalue weighted by atomic mass is 10.3. The minimum Gasteiger partial charge on any atom is -0.265 e. The number of halogens is 1. The Balaban J connectivity index is 2.25. The zero-order valence-corrected chi connectivity index (χ0v) is 9.35. The highest BCUT2D eigenvalue weighted by atomic mass is 35.5. The Morgan fingerprint density at radius 1 is 1.35 bits per heavy atom. The molecule has 0 aliphatic rings. The van der Waals surface area contributed by atoms with Gasteiger partial charge in [-0.1, -0.05) is 17.7 Å². The molecular weight excluding hydrogens is 240 g/mol. The first-order valence-corrected chi connectivity index (χ1v) is 5.31. The predicted octanol–water partition coefficient (Wildman–Crippen LogP) is 1.76. The molecule has 2 heterocycles. The second kappa shape index (κ2) is 3.71. The number of aromatic amines is 1. The lowest BCUT2D eigenvalue weighted by Gasteiger charge is -1.99. The molecule has 1 aromatic carbocycles. The van der Waals surface area contributed by atoms with Gasteiger partial charge in [0.15, 0.2) is 5.52 Å². The van der Waals surface area contributed by atoms with Gasteiger partial charge in [0, 0.05) is 16.6 Å². The van der Waals surface area contributed by atoms with Crippen molar-refractivity contribution in [1.29, 1.82) is 0 Å². The molecule has 0 atom stereocenters. The smallest absolute Gasteiger partial charge is 0.265 e. The van der Waals surface area contributed by atoms with Gasteiger partial charge in [0.05, 0.1) is 11.9 Å². The molecule has 5 nitrogen and oxygen atoms in total. The van der Waals surface area contributed by atoms with Crippen LogP contribution in [0.2, 0.25) is 5.02 Å². The number of hydrogen-bond acceptors (Lipinski definition) is 3. The summed E-state index contributed by atoms with van der Waals surface area (Å²) >= 11 is 5.90. The summed E-state index contributed by atoms with van der Waals surface area (Å²) in [5.41, 5.74) is 0.858. The number of fused-ring (bicyclic) bond motifs is 1. The van der Waals surface area contributed by atoms with E-state index in [1.54, 1.807) is 29.2 Å². The van der Waals surface area contributed by atoms with E-state index < -0.39 is 0 Å². The highest BCUT2D eigenvalue weighted by Crippen LogP contribution is 2.16. The van der Waals surface area contributed by atoms with E-state index in [2.05, 4.69) is 15.3 Å². The van der Waals surface area contributed by atoms with Crippen LogP contribution in [0, 0.1) is 0 Å². The number of hydrogen-bond donors (Lipinski definition) is 1. The zero-order valence-electron chi connectivity index (χ0n) is 8.59. The van der Waals surface area contributed by atoms with Crippen molar-refractivity contribution in [2.45, 2.75) is 0 Å². The van der Waals surface area contributed by atoms with E-state index in [9.17, 15) is 4.79 Å². The predicted molar refractivity (Wildman–Crippen MR) is 64.5 cm³/mol. The standard InChI is InChI=1S/C11H7ClN4O/c12-8-2-1-3-9(4-8)16-6-7-5-13-14-11(17)10(7)15-16/h1-6H,(H,14,17). The van der Waals surface area contributed by atoms with Crippen molar-refractivity contribution in [3.63, 3.8) is 0 Å². The molecular formula is C11H7ClN4O. The first-order valence-electron chi connectivity index (χ1n) is 4.93. The molecule has 0 saturated heterocycles. The van der Waals surface area contributed by atoms with Gasteiger partial charge in [0.2, 0.25) is 0 Å². The third-order valence-corrected chi connectivity index (χ3v) is 2.64. The van der Waals surface area contributed by atoms with Crippen molar-refractivity contribution in [3.8, 4) is 5.69 Å². The van der Waals surface area contributed by atoms with Gasteiger partial charge in [-0.05, 0) is 18.2 Å². The van der Waals surface area contributed by atoms with Gasteiger partial charge >= 0.3 is 0 Å². The average molecular weight is 247 g/mol. The number of aromatic nitrogens is 4. The van der Waals surface area contributed by atoms with Gasteiger partial charge in [-0.15, -0.1) is 0 Å². The molecule has 0 radical (unpaired) electrons. The first kappa shape index (κ1) is 10.0. The summed E-state index contributed by atoms with van der Waals surface area (Å²) < 4.78 is 1.60. The lowest BCUT2D eigenvalue weighted by molar-refractivity contribution is 0.891. The molecule has 0 bridgehead atoms. The Morgan fingerprint density at radius 2 is 2.24 bits per heavy atom. The van der Waals surface area contributed by atoms with E-state index in [1.165, 1.54) is 0 Å². The van der Waals surface area contributed by atoms with E-state index in [-0.39, 0.29) is 5.56 Å². The molecule has 0 amide bonds. The maximum absolute atomic E-state index is 11.5. The molecule has 0 aliphatic heterocycles. The summed E-state index contributed by atoms with van der Waals surface area (Å²) in [6, 6.07) is 7.24. The molecule has 3 rings (SSSR count). The average Bonchev–Trinajstić information content (AvgIpc) is 2.74. The number of rotatable bonds is 1. The van der Waals surface area contributed by atoms with Crippen LogP contribution in [0.1, 0.15) is 0 Å². The van der Waals surface area contributed by atoms with Crippen LogP contribution in [0.5, 0.6) is 0 Å². The topological polar surface area (TPSA) is 63.6 Å². The largest absolute Gasteiger partial charge is 0.292 e. The fourth-order valence-electron chi connectivity index (χ4n) is 1.62. The number of nitrogens with zero attached hydrogens (tertiary/aromatic N) is 3. The van der Waals surface area contributed by atoms with Crippen LogP contribution in [0.15, 0.2) is 41.5 Å². The van der Waals surface area contributed by atoms with Crippen molar-refractivity contribution in [2.75, 3.05) is 0 Å². The molecule has 0 spiro atoms. The number of benzene rings is 1. The van der Waals surface area contributed by atoms with Gasteiger partial charge in [0.1, 0.15) is 0 Å². The van der Waals surface area contributed by atoms with E-state index in [0.717, 1.165) is 5.69 Å². The van der Waals surface area contributed by atoms with Crippen LogP contribution in [0.4, 0.5) is 0 Å². The van der Waals surface area contributed by atoms with Crippen molar-refractivity contribution in [2.24, 2.45) is 0 Å². The molecule has 0 unspecified atom stereocenters. The summed E-state index contributed by atoms with van der Waals surface area (Å²) in [6.45, 7) is 0. The number of nitrogens with one attached hydrogen (secondary N) is 1. The Morgan fingerprint density at radius 3 is 3.00 bits per heavy atom. The maximum Gasteiger partial charge on any atom is 0.292 e. The fraction of sp³-hybridized carbons (Fsp3) is 0. The van der Waals surface area contributed by atoms with Gasteiger partial charge in [-0.2, -0.15) is 10.2 Å². The molecule has 3 aromatic rings. The van der Waals surface area contributed by atoms with Gasteiger partial charge in [0.25, 0.3) is 5.56 Å². The highest BCUT2D eigenvalue weighted by molar-refractivity contribution is 6.30. The Labute approximate surface area is 101 Å². The van der Waals surface area contributed by atoms with Crippen LogP contribution in [-0.2, 0) is 0 Å². The summed E-state index contributed by atoms with van der Waals surface area (Å²) in [6.07, 6.45) is 3.30. The van der Waals surface area contributed by atoms with Gasteiger partial charge in [-0.3, -0.25) is 4.79 Å². The molecule has 0 saturated carbocycles. The Kier molecular flexibility index (Phi) is 2.19. The van der Waals surface area contributed by atoms with Crippen LogP contribution in [0.3, 0.4) is 0 Å². The molecule has 17 heavy (non-hydrogen) atoms. The lowest BCUT2D eigenvalue weighted by Crippen LogP contribution is -2.07. The molecule has 1 N–H and O–H groups in total. The Hall–Kier alpha value is -2.14. The van der Waals surface area contributed by atoms with E-state index in [1.807, 2.05) is 12.1 Å². The Bertz CT molecular complexity index is 746. The molecule has 84 valence electrons. The van der Waals surface area contributed by atoms with Crippen molar-refractivity contribution >= 4 is 22.5 Å². The summed E-state index contributed by atoms with van der Waals surface area (Å²) in [5.74, 6) is 0. The van der Waals surface area contributed by atoms with E-state index in [4.69, 9.17) is 11.6 Å². The summed E-state index contributed by atoms with van der Waals surface area (Å²) in [5, 5.41) is 11.6. The van der Waals surface area contributed by atoms with Crippen LogP contribution < -0.4 is 5.56 Å². The van der Waals surface area contributed by atoms with Crippen LogP contribution in [-0.4, -0.2) is 20.0 Å². The van der Waals surface area contributed by atoms with Crippen molar-refractivity contribution < 1.29 is 0 Å². The quantitative estimate of drug-likeness (QED) is 0.712. The first-order chi connectivity index (χ1) is 8.24. The van der Waals surface area contributed by atoms with Crippen LogP contribution in [0.25, 0.3) is 16.6 Å². The normalized spacial score (nSPS) is 10.9. The highest BCUT2D eigenvalue weighted by Gasteiger charge is 2.06. The summed E-state index contributed by atoms with van der Waals surface area (Å²) in [4.78, 5) is 11.5. The maximum atomic E-state index is 11.5. The second-order valence-corrected chi connectivity index (χ2v) is 3.99. The van der Waals surface area contributed by atoms with E-state index >= 15 is 0 Å². The SMILES string of the molecule is O=c1[nH]ncc2cn(-c3cccc(Cl)c3)nc12. The molecule has 2 aromatic heterocycles. The third-order valence-electron chi connectivity index (χ3n) is 2.40. The second-order valence-electron chi connectivity index (χ2n) is 3.56. The monoisotopic (exact) mass is 246 g/mol. The molecule has 0 aliphatic carbocycles. The number of H-pyrrole nitrogens is 1. The van der Waals surface area contributed by atoms with Gasteiger partial charge < -0.3 is 0 Å². The zero-order chi connectivity index (χ0) is 11.8. The minimum absolute atomic E-state index is 0.303. The van der Waals surface area contributed by atoms with Gasteiger partial charge in [-0.25, -0.2) is 9.78 Å². The van der Waals surface area contributed by atoms with Crippen LogP contribution >= 0.6 is 11.6 Å². The van der Waals surface area contributed by atoms with Crippen molar-refractivity contribution in [3.05, 3.63) is 52.0 Å². The molecule has 6 heteroatoms. The minimum atomic E-state index is -0.303.